The first-order chi connectivity index (χ1) is 17.1. The van der Waals surface area contributed by atoms with E-state index in [2.05, 4.69) is 38.1 Å². The molecule has 10 heteroatoms. The van der Waals surface area contributed by atoms with Gasteiger partial charge in [-0.3, -0.25) is 4.90 Å². The molecule has 2 aromatic heterocycles. The number of ether oxygens (including phenoxy) is 1. The summed E-state index contributed by atoms with van der Waals surface area (Å²) in [5.41, 5.74) is 2.63. The minimum absolute atomic E-state index is 0.198. The molecule has 36 heavy (non-hydrogen) atoms. The second-order valence-electron chi connectivity index (χ2n) is 9.80. The van der Waals surface area contributed by atoms with Gasteiger partial charge in [0.15, 0.2) is 5.82 Å². The van der Waals surface area contributed by atoms with Crippen molar-refractivity contribution >= 4 is 39.0 Å². The molecule has 3 heterocycles. The normalized spacial score (nSPS) is 14.1. The summed E-state index contributed by atoms with van der Waals surface area (Å²) >= 11 is 3.45. The van der Waals surface area contributed by atoms with Gasteiger partial charge in [-0.05, 0) is 44.5 Å². The number of carboxylic acid groups (broad SMARTS) is 1. The number of nitrogens with zero attached hydrogens (tertiary/aromatic N) is 5. The van der Waals surface area contributed by atoms with Gasteiger partial charge < -0.3 is 9.84 Å². The van der Waals surface area contributed by atoms with Gasteiger partial charge in [-0.25, -0.2) is 19.1 Å². The van der Waals surface area contributed by atoms with E-state index in [4.69, 9.17) is 9.72 Å². The first-order valence-electron chi connectivity index (χ1n) is 11.6. The molecule has 0 unspecified atom stereocenters. The van der Waals surface area contributed by atoms with Gasteiger partial charge in [0, 0.05) is 35.9 Å². The van der Waals surface area contributed by atoms with E-state index in [-0.39, 0.29) is 5.82 Å². The molecule has 0 saturated heterocycles. The number of halogens is 1. The lowest BCUT2D eigenvalue weighted by atomic mass is 10.1. The van der Waals surface area contributed by atoms with Crippen LogP contribution in [0.1, 0.15) is 37.7 Å². The fraction of sp³-hybridized carbons (Fsp3) is 0.308. The van der Waals surface area contributed by atoms with Crippen LogP contribution in [-0.4, -0.2) is 53.7 Å². The van der Waals surface area contributed by atoms with Gasteiger partial charge >= 0.3 is 12.2 Å². The quantitative estimate of drug-likeness (QED) is 0.357. The molecule has 0 atom stereocenters. The van der Waals surface area contributed by atoms with Crippen LogP contribution in [0.2, 0.25) is 0 Å². The minimum Gasteiger partial charge on any atom is -0.464 e. The van der Waals surface area contributed by atoms with Crippen LogP contribution in [0.25, 0.3) is 22.4 Å². The summed E-state index contributed by atoms with van der Waals surface area (Å²) in [6.07, 6.45) is -1.24. The Hall–Kier alpha value is -3.50. The first-order valence-corrected chi connectivity index (χ1v) is 12.4. The van der Waals surface area contributed by atoms with Gasteiger partial charge in [0.1, 0.15) is 11.3 Å². The van der Waals surface area contributed by atoms with Crippen LogP contribution >= 0.6 is 15.9 Å². The molecule has 1 aliphatic rings. The summed E-state index contributed by atoms with van der Waals surface area (Å²) < 4.78 is 8.68. The number of hydrogen-bond donors (Lipinski definition) is 1. The van der Waals surface area contributed by atoms with Crippen molar-refractivity contribution in [1.29, 1.82) is 0 Å². The molecule has 9 nitrogen and oxygen atoms in total. The third-order valence-electron chi connectivity index (χ3n) is 5.96. The van der Waals surface area contributed by atoms with E-state index in [0.717, 1.165) is 11.0 Å². The minimum atomic E-state index is -1.13. The van der Waals surface area contributed by atoms with E-state index in [1.54, 1.807) is 32.9 Å². The maximum atomic E-state index is 13.0. The van der Waals surface area contributed by atoms with Crippen LogP contribution in [-0.2, 0) is 24.2 Å². The number of carbonyl (C=O) groups is 2. The number of aromatic nitrogens is 4. The lowest BCUT2D eigenvalue weighted by Crippen LogP contribution is -2.31. The standard InChI is InChI=1S/C26H26BrN5O4/c1-26(2,3)36-25(35)32-21-13-17(27)9-10-18(21)22(29-32)23-28-19-15-30(14-16-7-5-4-6-8-16)12-11-20(19)31(23)24(33)34/h4-10,13H,11-12,14-15H2,1-3H3,(H,33,34). The molecule has 0 radical (unpaired) electrons. The zero-order valence-electron chi connectivity index (χ0n) is 20.2. The highest BCUT2D eigenvalue weighted by atomic mass is 79.9. The molecule has 2 aromatic carbocycles. The van der Waals surface area contributed by atoms with Gasteiger partial charge in [0.25, 0.3) is 0 Å². The predicted molar refractivity (Wildman–Crippen MR) is 138 cm³/mol. The molecular weight excluding hydrogens is 526 g/mol. The van der Waals surface area contributed by atoms with Crippen molar-refractivity contribution in [2.75, 3.05) is 6.54 Å². The average molecular weight is 552 g/mol. The Morgan fingerprint density at radius 3 is 2.58 bits per heavy atom. The summed E-state index contributed by atoms with van der Waals surface area (Å²) in [5.74, 6) is 0.198. The third kappa shape index (κ3) is 4.66. The molecule has 0 aliphatic carbocycles. The van der Waals surface area contributed by atoms with Gasteiger partial charge in [0.2, 0.25) is 0 Å². The molecule has 1 aliphatic heterocycles. The molecule has 0 amide bonds. The van der Waals surface area contributed by atoms with E-state index in [1.165, 1.54) is 14.8 Å². The Kier molecular flexibility index (Phi) is 6.17. The fourth-order valence-electron chi connectivity index (χ4n) is 4.48. The fourth-order valence-corrected chi connectivity index (χ4v) is 4.82. The summed E-state index contributed by atoms with van der Waals surface area (Å²) in [5, 5.41) is 15.3. The average Bonchev–Trinajstić information content (AvgIpc) is 3.36. The van der Waals surface area contributed by atoms with Crippen molar-refractivity contribution in [3.8, 4) is 11.5 Å². The van der Waals surface area contributed by atoms with Crippen LogP contribution < -0.4 is 0 Å². The second-order valence-corrected chi connectivity index (χ2v) is 10.7. The second kappa shape index (κ2) is 9.18. The Morgan fingerprint density at radius 1 is 1.14 bits per heavy atom. The largest absolute Gasteiger partial charge is 0.464 e. The first kappa shape index (κ1) is 24.2. The lowest BCUT2D eigenvalue weighted by molar-refractivity contribution is 0.0523. The van der Waals surface area contributed by atoms with Crippen LogP contribution in [0, 0.1) is 0 Å². The lowest BCUT2D eigenvalue weighted by Gasteiger charge is -2.26. The van der Waals surface area contributed by atoms with Gasteiger partial charge in [-0.1, -0.05) is 46.3 Å². The molecule has 0 fully saturated rings. The highest BCUT2D eigenvalue weighted by Gasteiger charge is 2.31. The number of benzene rings is 2. The zero-order chi connectivity index (χ0) is 25.6. The van der Waals surface area contributed by atoms with Crippen molar-refractivity contribution in [3.63, 3.8) is 0 Å². The van der Waals surface area contributed by atoms with Crippen molar-refractivity contribution < 1.29 is 19.4 Å². The van der Waals surface area contributed by atoms with E-state index >= 15 is 0 Å². The molecule has 0 bridgehead atoms. The molecule has 0 spiro atoms. The topological polar surface area (TPSA) is 102 Å². The number of hydrogen-bond acceptors (Lipinski definition) is 6. The van der Waals surface area contributed by atoms with Crippen LogP contribution in [0.3, 0.4) is 0 Å². The Morgan fingerprint density at radius 2 is 1.89 bits per heavy atom. The van der Waals surface area contributed by atoms with Crippen molar-refractivity contribution in [1.82, 2.24) is 24.2 Å². The molecule has 4 aromatic rings. The number of imidazole rings is 1. The van der Waals surface area contributed by atoms with Crippen molar-refractivity contribution in [3.05, 3.63) is 70.0 Å². The highest BCUT2D eigenvalue weighted by Crippen LogP contribution is 2.33. The Balaban J connectivity index is 1.59. The molecule has 1 N–H and O–H groups in total. The summed E-state index contributed by atoms with van der Waals surface area (Å²) in [6, 6.07) is 15.5. The molecular formula is C26H26BrN5O4. The summed E-state index contributed by atoms with van der Waals surface area (Å²) in [4.78, 5) is 32.4. The molecule has 186 valence electrons. The van der Waals surface area contributed by atoms with E-state index < -0.39 is 17.8 Å². The number of fused-ring (bicyclic) bond motifs is 2. The smallest absolute Gasteiger partial charge is 0.435 e. The van der Waals surface area contributed by atoms with E-state index in [9.17, 15) is 14.7 Å². The summed E-state index contributed by atoms with van der Waals surface area (Å²) in [6.45, 7) is 7.31. The van der Waals surface area contributed by atoms with Crippen LogP contribution in [0.5, 0.6) is 0 Å². The summed E-state index contributed by atoms with van der Waals surface area (Å²) in [7, 11) is 0. The van der Waals surface area contributed by atoms with E-state index in [0.29, 0.717) is 47.5 Å². The van der Waals surface area contributed by atoms with Gasteiger partial charge in [0.05, 0.1) is 16.9 Å². The molecule has 0 saturated carbocycles. The highest BCUT2D eigenvalue weighted by molar-refractivity contribution is 9.10. The number of carbonyl (C=O) groups excluding carboxylic acids is 1. The third-order valence-corrected chi connectivity index (χ3v) is 6.45. The maximum absolute atomic E-state index is 13.0. The van der Waals surface area contributed by atoms with Crippen molar-refractivity contribution in [2.45, 2.75) is 45.9 Å². The predicted octanol–water partition coefficient (Wildman–Crippen LogP) is 5.53. The maximum Gasteiger partial charge on any atom is 0.435 e. The Bertz CT molecular complexity index is 1470. The van der Waals surface area contributed by atoms with E-state index in [1.807, 2.05) is 24.3 Å². The number of rotatable bonds is 3. The van der Waals surface area contributed by atoms with Crippen LogP contribution in [0.4, 0.5) is 9.59 Å². The van der Waals surface area contributed by atoms with Crippen molar-refractivity contribution in [2.24, 2.45) is 0 Å². The van der Waals surface area contributed by atoms with Gasteiger partial charge in [-0.2, -0.15) is 9.78 Å². The SMILES string of the molecule is CC(C)(C)OC(=O)n1nc(-c2nc3c(n2C(=O)O)CCN(Cc2ccccc2)C3)c2ccc(Br)cc21. The van der Waals surface area contributed by atoms with Gasteiger partial charge in [-0.15, -0.1) is 0 Å². The van der Waals surface area contributed by atoms with Crippen LogP contribution in [0.15, 0.2) is 53.0 Å². The molecule has 5 rings (SSSR count). The zero-order valence-corrected chi connectivity index (χ0v) is 21.8. The Labute approximate surface area is 216 Å². The monoisotopic (exact) mass is 551 g/mol.